The first kappa shape index (κ1) is 17.0. The molecule has 0 aliphatic rings. The number of ether oxygens (including phenoxy) is 2. The van der Waals surface area contributed by atoms with Crippen molar-refractivity contribution in [3.63, 3.8) is 0 Å². The van der Waals surface area contributed by atoms with Crippen molar-refractivity contribution in [2.75, 3.05) is 13.4 Å². The van der Waals surface area contributed by atoms with Gasteiger partial charge in [-0.3, -0.25) is 0 Å². The number of fused-ring (bicyclic) bond motifs is 1. The summed E-state index contributed by atoms with van der Waals surface area (Å²) in [4.78, 5) is 12.2. The minimum Gasteiger partial charge on any atom is -0.465 e. The lowest BCUT2D eigenvalue weighted by atomic mass is 10.1. The van der Waals surface area contributed by atoms with Crippen LogP contribution in [0.5, 0.6) is 11.5 Å². The molecule has 0 saturated carbocycles. The molecule has 0 fully saturated rings. The van der Waals surface area contributed by atoms with Crippen LogP contribution in [0.1, 0.15) is 16.1 Å². The molecule has 0 aliphatic carbocycles. The van der Waals surface area contributed by atoms with Gasteiger partial charge in [-0.05, 0) is 49.4 Å². The molecular weight excluding hydrogens is 344 g/mol. The van der Waals surface area contributed by atoms with Crippen LogP contribution >= 0.6 is 0 Å². The summed E-state index contributed by atoms with van der Waals surface area (Å²) in [7, 11) is -1.98. The van der Waals surface area contributed by atoms with Gasteiger partial charge < -0.3 is 13.9 Å². The summed E-state index contributed by atoms with van der Waals surface area (Å²) in [5, 5.41) is 0.711. The zero-order valence-electron chi connectivity index (χ0n) is 13.9. The van der Waals surface area contributed by atoms with Crippen LogP contribution in [0.25, 0.3) is 11.0 Å². The summed E-state index contributed by atoms with van der Waals surface area (Å²) >= 11 is 0. The number of sulfone groups is 1. The highest BCUT2D eigenvalue weighted by Crippen LogP contribution is 2.31. The molecule has 6 nitrogen and oxygen atoms in total. The molecule has 0 unspecified atom stereocenters. The summed E-state index contributed by atoms with van der Waals surface area (Å²) in [6, 6.07) is 11.1. The number of hydrogen-bond acceptors (Lipinski definition) is 6. The molecule has 1 heterocycles. The quantitative estimate of drug-likeness (QED) is 0.660. The van der Waals surface area contributed by atoms with E-state index < -0.39 is 15.8 Å². The van der Waals surface area contributed by atoms with Gasteiger partial charge in [-0.2, -0.15) is 0 Å². The third-order valence-electron chi connectivity index (χ3n) is 3.61. The molecule has 3 aromatic rings. The Kier molecular flexibility index (Phi) is 4.26. The molecule has 25 heavy (non-hydrogen) atoms. The van der Waals surface area contributed by atoms with Crippen LogP contribution in [-0.2, 0) is 14.6 Å². The molecule has 0 radical (unpaired) electrons. The summed E-state index contributed by atoms with van der Waals surface area (Å²) < 4.78 is 39.1. The Hall–Kier alpha value is -2.80. The summed E-state index contributed by atoms with van der Waals surface area (Å²) in [5.41, 5.74) is 0.694. The van der Waals surface area contributed by atoms with Crippen molar-refractivity contribution in [3.05, 3.63) is 53.8 Å². The molecular formula is C18H16O6S. The molecule has 3 rings (SSSR count). The van der Waals surface area contributed by atoms with Gasteiger partial charge in [-0.15, -0.1) is 0 Å². The molecule has 2 aromatic carbocycles. The fourth-order valence-electron chi connectivity index (χ4n) is 2.47. The van der Waals surface area contributed by atoms with Gasteiger partial charge in [0, 0.05) is 11.6 Å². The van der Waals surface area contributed by atoms with Crippen LogP contribution in [-0.4, -0.2) is 27.8 Å². The van der Waals surface area contributed by atoms with Crippen LogP contribution in [0.4, 0.5) is 0 Å². The second kappa shape index (κ2) is 6.25. The minimum absolute atomic E-state index is 0.205. The Bertz CT molecular complexity index is 1050. The van der Waals surface area contributed by atoms with Crippen molar-refractivity contribution in [3.8, 4) is 11.5 Å². The third kappa shape index (κ3) is 3.51. The van der Waals surface area contributed by atoms with Gasteiger partial charge in [0.15, 0.2) is 9.84 Å². The first-order valence-electron chi connectivity index (χ1n) is 7.38. The first-order chi connectivity index (χ1) is 11.8. The van der Waals surface area contributed by atoms with E-state index in [-0.39, 0.29) is 10.5 Å². The van der Waals surface area contributed by atoms with E-state index >= 15 is 0 Å². The number of esters is 1. The van der Waals surface area contributed by atoms with Gasteiger partial charge in [0.2, 0.25) is 0 Å². The van der Waals surface area contributed by atoms with Crippen LogP contribution < -0.4 is 4.74 Å². The maximum absolute atomic E-state index is 12.0. The Labute approximate surface area is 144 Å². The van der Waals surface area contributed by atoms with E-state index in [1.54, 1.807) is 31.2 Å². The van der Waals surface area contributed by atoms with Gasteiger partial charge in [0.1, 0.15) is 28.4 Å². The molecule has 0 aliphatic heterocycles. The van der Waals surface area contributed by atoms with Crippen LogP contribution in [0, 0.1) is 6.92 Å². The van der Waals surface area contributed by atoms with E-state index in [0.717, 1.165) is 6.26 Å². The lowest BCUT2D eigenvalue weighted by Gasteiger charge is -2.08. The Morgan fingerprint density at radius 1 is 1.04 bits per heavy atom. The maximum atomic E-state index is 12.0. The van der Waals surface area contributed by atoms with E-state index in [4.69, 9.17) is 13.9 Å². The largest absolute Gasteiger partial charge is 0.465 e. The van der Waals surface area contributed by atoms with Gasteiger partial charge in [0.05, 0.1) is 12.0 Å². The van der Waals surface area contributed by atoms with Crippen molar-refractivity contribution in [2.24, 2.45) is 0 Å². The van der Waals surface area contributed by atoms with Crippen LogP contribution in [0.3, 0.4) is 0 Å². The lowest BCUT2D eigenvalue weighted by molar-refractivity contribution is 0.0601. The fraction of sp³-hybridized carbons (Fsp3) is 0.167. The van der Waals surface area contributed by atoms with Gasteiger partial charge >= 0.3 is 5.97 Å². The average Bonchev–Trinajstić information content (AvgIpc) is 2.93. The highest BCUT2D eigenvalue weighted by atomic mass is 32.2. The van der Waals surface area contributed by atoms with E-state index in [9.17, 15) is 13.2 Å². The number of carbonyl (C=O) groups is 1. The monoisotopic (exact) mass is 360 g/mol. The van der Waals surface area contributed by atoms with Crippen LogP contribution in [0.15, 0.2) is 51.8 Å². The number of rotatable bonds is 4. The van der Waals surface area contributed by atoms with Crippen molar-refractivity contribution >= 4 is 26.8 Å². The molecule has 0 amide bonds. The molecule has 130 valence electrons. The number of benzene rings is 2. The van der Waals surface area contributed by atoms with Crippen molar-refractivity contribution < 1.29 is 27.1 Å². The summed E-state index contributed by atoms with van der Waals surface area (Å²) in [5.74, 6) is 0.996. The number of methoxy groups -OCH3 is 1. The first-order valence-corrected chi connectivity index (χ1v) is 9.27. The number of carbonyl (C=O) groups excluding carboxylic acids is 1. The lowest BCUT2D eigenvalue weighted by Crippen LogP contribution is -2.02. The number of furan rings is 1. The minimum atomic E-state index is -3.27. The van der Waals surface area contributed by atoms with Crippen molar-refractivity contribution in [1.82, 2.24) is 0 Å². The SMILES string of the molecule is COC(=O)c1cc(Oc2ccc(S(C)(=O)=O)cc2)cc2cc(C)oc12. The zero-order chi connectivity index (χ0) is 18.2. The smallest absolute Gasteiger partial charge is 0.341 e. The molecule has 1 aromatic heterocycles. The second-order valence-corrected chi connectivity index (χ2v) is 7.60. The number of hydrogen-bond donors (Lipinski definition) is 0. The Morgan fingerprint density at radius 2 is 1.72 bits per heavy atom. The molecule has 0 spiro atoms. The number of aryl methyl sites for hydroxylation is 1. The summed E-state index contributed by atoms with van der Waals surface area (Å²) in [6.07, 6.45) is 1.14. The predicted molar refractivity (Wildman–Crippen MR) is 91.9 cm³/mol. The second-order valence-electron chi connectivity index (χ2n) is 5.58. The van der Waals surface area contributed by atoms with E-state index in [0.29, 0.717) is 28.2 Å². The molecule has 0 bridgehead atoms. The predicted octanol–water partition coefficient (Wildman–Crippen LogP) is 3.72. The van der Waals surface area contributed by atoms with E-state index in [2.05, 4.69) is 0 Å². The standard InChI is InChI=1S/C18H16O6S/c1-11-8-12-9-14(10-16(17(12)23-11)18(19)22-2)24-13-4-6-15(7-5-13)25(3,20)21/h4-10H,1-3H3. The molecule has 7 heteroatoms. The van der Waals surface area contributed by atoms with Gasteiger partial charge in [0.25, 0.3) is 0 Å². The van der Waals surface area contributed by atoms with E-state index in [1.807, 2.05) is 0 Å². The zero-order valence-corrected chi connectivity index (χ0v) is 14.7. The third-order valence-corrected chi connectivity index (χ3v) is 4.73. The van der Waals surface area contributed by atoms with Crippen LogP contribution in [0.2, 0.25) is 0 Å². The Balaban J connectivity index is 2.00. The van der Waals surface area contributed by atoms with Gasteiger partial charge in [-0.1, -0.05) is 0 Å². The highest BCUT2D eigenvalue weighted by Gasteiger charge is 2.17. The Morgan fingerprint density at radius 3 is 2.32 bits per heavy atom. The highest BCUT2D eigenvalue weighted by molar-refractivity contribution is 7.90. The molecule has 0 atom stereocenters. The molecule has 0 saturated heterocycles. The average molecular weight is 360 g/mol. The molecule has 0 N–H and O–H groups in total. The normalized spacial score (nSPS) is 11.5. The summed E-state index contributed by atoms with van der Waals surface area (Å²) in [6.45, 7) is 1.78. The van der Waals surface area contributed by atoms with Gasteiger partial charge in [-0.25, -0.2) is 13.2 Å². The van der Waals surface area contributed by atoms with Crippen molar-refractivity contribution in [2.45, 2.75) is 11.8 Å². The van der Waals surface area contributed by atoms with E-state index in [1.165, 1.54) is 25.3 Å². The van der Waals surface area contributed by atoms with Crippen molar-refractivity contribution in [1.29, 1.82) is 0 Å². The fourth-order valence-corrected chi connectivity index (χ4v) is 3.10. The topological polar surface area (TPSA) is 82.8 Å². The maximum Gasteiger partial charge on any atom is 0.341 e.